The fourth-order valence-electron chi connectivity index (χ4n) is 10.3. The van der Waals surface area contributed by atoms with E-state index in [1.54, 1.807) is 0 Å². The molecular formula is C33H60N2O8. The normalized spacial score (nSPS) is 41.6. The van der Waals surface area contributed by atoms with Crippen LogP contribution in [0.5, 0.6) is 0 Å². The zero-order chi connectivity index (χ0) is 31.7. The fraction of sp³-hybridized carbons (Fsp3) is 0.970. The molecule has 0 unspecified atom stereocenters. The molecular weight excluding hydrogens is 552 g/mol. The van der Waals surface area contributed by atoms with Crippen molar-refractivity contribution < 1.29 is 40.5 Å². The smallest absolute Gasteiger partial charge is 0.220 e. The van der Waals surface area contributed by atoms with E-state index >= 15 is 0 Å². The second kappa shape index (κ2) is 13.9. The molecule has 0 spiro atoms. The van der Waals surface area contributed by atoms with E-state index in [0.717, 1.165) is 44.9 Å². The largest absolute Gasteiger partial charge is 0.394 e. The van der Waals surface area contributed by atoms with Gasteiger partial charge in [0.2, 0.25) is 5.91 Å². The van der Waals surface area contributed by atoms with Crippen LogP contribution < -0.4 is 10.6 Å². The number of amides is 1. The number of nitrogens with one attached hydrogen (secondary N) is 2. The average molecular weight is 613 g/mol. The summed E-state index contributed by atoms with van der Waals surface area (Å²) in [7, 11) is 0. The summed E-state index contributed by atoms with van der Waals surface area (Å²) in [4.78, 5) is 12.7. The third-order valence-corrected chi connectivity index (χ3v) is 13.1. The summed E-state index contributed by atoms with van der Waals surface area (Å²) >= 11 is 0. The lowest BCUT2D eigenvalue weighted by Gasteiger charge is -2.62. The summed E-state index contributed by atoms with van der Waals surface area (Å²) < 4.78 is 0. The van der Waals surface area contributed by atoms with E-state index in [9.17, 15) is 35.4 Å². The van der Waals surface area contributed by atoms with Crippen molar-refractivity contribution in [3.63, 3.8) is 0 Å². The standard InChI is InChI=1S/C33H60N2O8/c1-19(6-11-29(41)34-14-5-15-35-33(43,20(2)37)30(42)27(39)18-36)24-9-10-25-23-8-7-21-16-22(38)12-13-31(21,3)26(23)17-28(40)32(24,25)4/h19-28,30,35-40,42-43H,5-18H2,1-4H3,(H,34,41)/t19-,20+,21-,22-,23+,24-,25+,26+,27-,28+,30-,31+,32-,33+/m1/s1. The third-order valence-electron chi connectivity index (χ3n) is 13.1. The lowest BCUT2D eigenvalue weighted by Crippen LogP contribution is -2.65. The molecule has 10 nitrogen and oxygen atoms in total. The molecule has 0 aromatic rings. The summed E-state index contributed by atoms with van der Waals surface area (Å²) in [6, 6.07) is 0. The minimum atomic E-state index is -2.20. The molecule has 4 fully saturated rings. The molecule has 14 atom stereocenters. The minimum Gasteiger partial charge on any atom is -0.394 e. The van der Waals surface area contributed by atoms with Crippen LogP contribution in [0.3, 0.4) is 0 Å². The highest BCUT2D eigenvalue weighted by molar-refractivity contribution is 5.75. The fourth-order valence-corrected chi connectivity index (χ4v) is 10.3. The van der Waals surface area contributed by atoms with E-state index in [1.807, 2.05) is 0 Å². The highest BCUT2D eigenvalue weighted by Crippen LogP contribution is 2.68. The van der Waals surface area contributed by atoms with Crippen LogP contribution in [0.2, 0.25) is 0 Å². The minimum absolute atomic E-state index is 0.0527. The van der Waals surface area contributed by atoms with Gasteiger partial charge < -0.3 is 41.1 Å². The van der Waals surface area contributed by atoms with Crippen LogP contribution >= 0.6 is 0 Å². The van der Waals surface area contributed by atoms with E-state index in [0.29, 0.717) is 54.9 Å². The van der Waals surface area contributed by atoms with Gasteiger partial charge in [-0.2, -0.15) is 0 Å². The molecule has 4 aliphatic rings. The highest BCUT2D eigenvalue weighted by Gasteiger charge is 2.63. The predicted molar refractivity (Wildman–Crippen MR) is 162 cm³/mol. The van der Waals surface area contributed by atoms with E-state index in [1.165, 1.54) is 19.8 Å². The first-order valence-electron chi connectivity index (χ1n) is 16.9. The van der Waals surface area contributed by atoms with Gasteiger partial charge in [0.15, 0.2) is 5.72 Å². The van der Waals surface area contributed by atoms with Crippen LogP contribution in [0.25, 0.3) is 0 Å². The van der Waals surface area contributed by atoms with E-state index in [4.69, 9.17) is 5.11 Å². The first-order chi connectivity index (χ1) is 20.2. The highest BCUT2D eigenvalue weighted by atomic mass is 16.4. The number of aliphatic hydroxyl groups excluding tert-OH is 6. The van der Waals surface area contributed by atoms with Gasteiger partial charge in [0.05, 0.1) is 24.9 Å². The van der Waals surface area contributed by atoms with Crippen molar-refractivity contribution in [1.82, 2.24) is 10.6 Å². The Morgan fingerprint density at radius 3 is 2.37 bits per heavy atom. The van der Waals surface area contributed by atoms with E-state index < -0.39 is 30.6 Å². The van der Waals surface area contributed by atoms with E-state index in [-0.39, 0.29) is 35.5 Å². The van der Waals surface area contributed by atoms with Crippen LogP contribution in [0.1, 0.15) is 98.3 Å². The monoisotopic (exact) mass is 612 g/mol. The second-order valence-corrected chi connectivity index (χ2v) is 15.2. The van der Waals surface area contributed by atoms with Gasteiger partial charge in [-0.1, -0.05) is 20.8 Å². The number of aliphatic hydroxyl groups is 7. The number of fused-ring (bicyclic) bond motifs is 5. The van der Waals surface area contributed by atoms with Gasteiger partial charge in [-0.05, 0) is 124 Å². The zero-order valence-electron chi connectivity index (χ0n) is 26.8. The summed E-state index contributed by atoms with van der Waals surface area (Å²) in [6.45, 7) is 8.01. The maximum Gasteiger partial charge on any atom is 0.220 e. The Kier molecular flexibility index (Phi) is 11.3. The molecule has 0 aromatic heterocycles. The quantitative estimate of drug-likeness (QED) is 0.109. The molecule has 10 heteroatoms. The van der Waals surface area contributed by atoms with Crippen molar-refractivity contribution in [1.29, 1.82) is 0 Å². The Hall–Kier alpha value is -0.850. The van der Waals surface area contributed by atoms with Gasteiger partial charge >= 0.3 is 0 Å². The van der Waals surface area contributed by atoms with Gasteiger partial charge in [0.25, 0.3) is 0 Å². The van der Waals surface area contributed by atoms with Crippen molar-refractivity contribution in [3.05, 3.63) is 0 Å². The molecule has 250 valence electrons. The summed E-state index contributed by atoms with van der Waals surface area (Å²) in [5.74, 6) is 2.88. The SMILES string of the molecule is C[C@H](CCC(=O)NCCCN[C@](O)([C@H](C)O)[C@H](O)[C@H](O)CO)[C@H]1CC[C@H]2[C@@H]3CC[C@@H]4C[C@H](O)CC[C@]4(C)[C@H]3C[C@H](O)[C@]12C. The van der Waals surface area contributed by atoms with Crippen molar-refractivity contribution >= 4 is 5.91 Å². The van der Waals surface area contributed by atoms with Crippen molar-refractivity contribution in [3.8, 4) is 0 Å². The molecule has 43 heavy (non-hydrogen) atoms. The summed E-state index contributed by atoms with van der Waals surface area (Å²) in [5, 5.41) is 77.0. The number of hydrogen-bond acceptors (Lipinski definition) is 9. The average Bonchev–Trinajstić information content (AvgIpc) is 3.34. The van der Waals surface area contributed by atoms with Gasteiger partial charge in [-0.25, -0.2) is 0 Å². The van der Waals surface area contributed by atoms with Crippen molar-refractivity contribution in [2.24, 2.45) is 46.3 Å². The Balaban J connectivity index is 1.25. The molecule has 0 aliphatic heterocycles. The maximum atomic E-state index is 12.7. The van der Waals surface area contributed by atoms with Gasteiger partial charge in [-0.3, -0.25) is 10.1 Å². The molecule has 0 bridgehead atoms. The number of carbonyl (C=O) groups is 1. The molecule has 4 rings (SSSR count). The molecule has 0 aromatic carbocycles. The zero-order valence-corrected chi connectivity index (χ0v) is 26.8. The van der Waals surface area contributed by atoms with Gasteiger partial charge in [0.1, 0.15) is 12.2 Å². The molecule has 0 radical (unpaired) electrons. The molecule has 4 saturated carbocycles. The first kappa shape index (κ1) is 35.0. The third kappa shape index (κ3) is 6.68. The Morgan fingerprint density at radius 1 is 0.977 bits per heavy atom. The molecule has 0 saturated heterocycles. The van der Waals surface area contributed by atoms with Crippen LogP contribution in [0, 0.1) is 46.3 Å². The molecule has 0 heterocycles. The maximum absolute atomic E-state index is 12.7. The number of carbonyl (C=O) groups excluding carboxylic acids is 1. The lowest BCUT2D eigenvalue weighted by atomic mass is 9.43. The molecule has 9 N–H and O–H groups in total. The molecule has 1 amide bonds. The van der Waals surface area contributed by atoms with Crippen LogP contribution in [0.4, 0.5) is 0 Å². The van der Waals surface area contributed by atoms with Crippen molar-refractivity contribution in [2.45, 2.75) is 135 Å². The van der Waals surface area contributed by atoms with E-state index in [2.05, 4.69) is 31.4 Å². The molecule has 4 aliphatic carbocycles. The summed E-state index contributed by atoms with van der Waals surface area (Å²) in [5.41, 5.74) is -2.11. The van der Waals surface area contributed by atoms with Crippen molar-refractivity contribution in [2.75, 3.05) is 19.7 Å². The Labute approximate surface area is 257 Å². The number of rotatable bonds is 13. The first-order valence-corrected chi connectivity index (χ1v) is 16.9. The predicted octanol–water partition coefficient (Wildman–Crippen LogP) is 1.27. The lowest BCUT2D eigenvalue weighted by molar-refractivity contribution is -0.194. The summed E-state index contributed by atoms with van der Waals surface area (Å²) in [6.07, 6.45) is 4.61. The van der Waals surface area contributed by atoms with Gasteiger partial charge in [0, 0.05) is 13.0 Å². The second-order valence-electron chi connectivity index (χ2n) is 15.2. The van der Waals surface area contributed by atoms with Gasteiger partial charge in [-0.15, -0.1) is 0 Å². The van der Waals surface area contributed by atoms with Crippen LogP contribution in [0.15, 0.2) is 0 Å². The Bertz CT molecular complexity index is 939. The Morgan fingerprint density at radius 2 is 1.70 bits per heavy atom. The van der Waals surface area contributed by atoms with Crippen LogP contribution in [-0.4, -0.2) is 97.6 Å². The van der Waals surface area contributed by atoms with Crippen LogP contribution in [-0.2, 0) is 4.79 Å². The number of hydrogen-bond donors (Lipinski definition) is 9. The topological polar surface area (TPSA) is 183 Å².